The van der Waals surface area contributed by atoms with Gasteiger partial charge in [-0.15, -0.1) is 0 Å². The average Bonchev–Trinajstić information content (AvgIpc) is 2.45. The van der Waals surface area contributed by atoms with Gasteiger partial charge < -0.3 is 20.3 Å². The number of nitrogens with zero attached hydrogens (tertiary/aromatic N) is 1. The molecule has 0 saturated carbocycles. The van der Waals surface area contributed by atoms with E-state index in [0.717, 1.165) is 17.9 Å². The monoisotopic (exact) mass is 279 g/mol. The van der Waals surface area contributed by atoms with Gasteiger partial charge in [-0.05, 0) is 38.3 Å². The molecule has 0 heterocycles. The van der Waals surface area contributed by atoms with Crippen LogP contribution < -0.4 is 15.4 Å². The number of hydrogen-bond acceptors (Lipinski definition) is 4. The molecule has 1 atom stereocenters. The van der Waals surface area contributed by atoms with E-state index in [1.807, 2.05) is 45.3 Å². The van der Waals surface area contributed by atoms with Crippen LogP contribution in [0.25, 0.3) is 0 Å². The SMILES string of the molecule is CCNCC(=O)NCC(c1cccc(OC)c1)N(C)C. The number of hydrogen-bond donors (Lipinski definition) is 2. The normalized spacial score (nSPS) is 12.2. The van der Waals surface area contributed by atoms with Crippen LogP contribution >= 0.6 is 0 Å². The third kappa shape index (κ3) is 5.19. The van der Waals surface area contributed by atoms with E-state index >= 15 is 0 Å². The highest BCUT2D eigenvalue weighted by Crippen LogP contribution is 2.21. The zero-order chi connectivity index (χ0) is 15.0. The van der Waals surface area contributed by atoms with Crippen molar-refractivity contribution in [2.24, 2.45) is 0 Å². The maximum absolute atomic E-state index is 11.7. The Morgan fingerprint density at radius 2 is 2.15 bits per heavy atom. The Kier molecular flexibility index (Phi) is 7.04. The number of carbonyl (C=O) groups is 1. The van der Waals surface area contributed by atoms with Crippen LogP contribution in [0.3, 0.4) is 0 Å². The number of nitrogens with one attached hydrogen (secondary N) is 2. The molecule has 0 radical (unpaired) electrons. The molecule has 0 bridgehead atoms. The number of carbonyl (C=O) groups excluding carboxylic acids is 1. The van der Waals surface area contributed by atoms with Gasteiger partial charge in [-0.2, -0.15) is 0 Å². The van der Waals surface area contributed by atoms with Crippen LogP contribution in [0.1, 0.15) is 18.5 Å². The Balaban J connectivity index is 2.66. The van der Waals surface area contributed by atoms with Crippen LogP contribution in [0.5, 0.6) is 5.75 Å². The van der Waals surface area contributed by atoms with Gasteiger partial charge in [0.15, 0.2) is 0 Å². The van der Waals surface area contributed by atoms with E-state index < -0.39 is 0 Å². The van der Waals surface area contributed by atoms with E-state index in [1.165, 1.54) is 0 Å². The van der Waals surface area contributed by atoms with Crippen molar-refractivity contribution in [3.05, 3.63) is 29.8 Å². The van der Waals surface area contributed by atoms with Crippen molar-refractivity contribution in [3.8, 4) is 5.75 Å². The molecule has 1 aromatic rings. The molecule has 1 rings (SSSR count). The second kappa shape index (κ2) is 8.55. The Labute approximate surface area is 121 Å². The van der Waals surface area contributed by atoms with Gasteiger partial charge in [0.25, 0.3) is 0 Å². The van der Waals surface area contributed by atoms with E-state index in [-0.39, 0.29) is 11.9 Å². The van der Waals surface area contributed by atoms with E-state index in [1.54, 1.807) is 7.11 Å². The van der Waals surface area contributed by atoms with Crippen molar-refractivity contribution >= 4 is 5.91 Å². The van der Waals surface area contributed by atoms with Crippen molar-refractivity contribution < 1.29 is 9.53 Å². The van der Waals surface area contributed by atoms with E-state index in [2.05, 4.69) is 15.5 Å². The molecule has 0 aromatic heterocycles. The van der Waals surface area contributed by atoms with Crippen molar-refractivity contribution in [3.63, 3.8) is 0 Å². The van der Waals surface area contributed by atoms with E-state index in [9.17, 15) is 4.79 Å². The predicted molar refractivity (Wildman–Crippen MR) is 81.0 cm³/mol. The number of rotatable bonds is 8. The molecular formula is C15H25N3O2. The minimum atomic E-state index is 0.0154. The number of benzene rings is 1. The lowest BCUT2D eigenvalue weighted by molar-refractivity contribution is -0.120. The first-order chi connectivity index (χ1) is 9.58. The Bertz CT molecular complexity index is 421. The van der Waals surface area contributed by atoms with Crippen LogP contribution in [0.4, 0.5) is 0 Å². The second-order valence-corrected chi connectivity index (χ2v) is 4.84. The minimum Gasteiger partial charge on any atom is -0.497 e. The van der Waals surface area contributed by atoms with Gasteiger partial charge in [0.2, 0.25) is 5.91 Å². The van der Waals surface area contributed by atoms with E-state index in [0.29, 0.717) is 13.1 Å². The van der Waals surface area contributed by atoms with Crippen molar-refractivity contribution in [2.45, 2.75) is 13.0 Å². The standard InChI is InChI=1S/C15H25N3O2/c1-5-16-11-15(19)17-10-14(18(2)3)12-7-6-8-13(9-12)20-4/h6-9,14,16H,5,10-11H2,1-4H3,(H,17,19). The molecular weight excluding hydrogens is 254 g/mol. The number of likely N-dealkylation sites (N-methyl/N-ethyl adjacent to an activating group) is 2. The lowest BCUT2D eigenvalue weighted by atomic mass is 10.1. The fourth-order valence-electron chi connectivity index (χ4n) is 1.96. The summed E-state index contributed by atoms with van der Waals surface area (Å²) in [6.07, 6.45) is 0. The highest BCUT2D eigenvalue weighted by molar-refractivity contribution is 5.78. The quantitative estimate of drug-likeness (QED) is 0.746. The molecule has 1 aromatic carbocycles. The summed E-state index contributed by atoms with van der Waals surface area (Å²) in [6.45, 7) is 3.70. The fourth-order valence-corrected chi connectivity index (χ4v) is 1.96. The lowest BCUT2D eigenvalue weighted by Gasteiger charge is -2.25. The summed E-state index contributed by atoms with van der Waals surface area (Å²) in [7, 11) is 5.66. The highest BCUT2D eigenvalue weighted by atomic mass is 16.5. The third-order valence-corrected chi connectivity index (χ3v) is 3.13. The zero-order valence-corrected chi connectivity index (χ0v) is 12.8. The van der Waals surface area contributed by atoms with Gasteiger partial charge in [0.1, 0.15) is 5.75 Å². The fraction of sp³-hybridized carbons (Fsp3) is 0.533. The molecule has 20 heavy (non-hydrogen) atoms. The largest absolute Gasteiger partial charge is 0.497 e. The summed E-state index contributed by atoms with van der Waals surface area (Å²) < 4.78 is 5.25. The van der Waals surface area contributed by atoms with Crippen LogP contribution in [0.15, 0.2) is 24.3 Å². The molecule has 2 N–H and O–H groups in total. The molecule has 0 aliphatic carbocycles. The summed E-state index contributed by atoms with van der Waals surface area (Å²) >= 11 is 0. The minimum absolute atomic E-state index is 0.0154. The van der Waals surface area contributed by atoms with Crippen LogP contribution in [-0.2, 0) is 4.79 Å². The van der Waals surface area contributed by atoms with Crippen LogP contribution in [0.2, 0.25) is 0 Å². The Morgan fingerprint density at radius 1 is 1.40 bits per heavy atom. The van der Waals surface area contributed by atoms with Gasteiger partial charge in [0.05, 0.1) is 19.7 Å². The van der Waals surface area contributed by atoms with Gasteiger partial charge in [-0.25, -0.2) is 0 Å². The predicted octanol–water partition coefficient (Wildman–Crippen LogP) is 1.02. The van der Waals surface area contributed by atoms with Crippen LogP contribution in [0, 0.1) is 0 Å². The lowest BCUT2D eigenvalue weighted by Crippen LogP contribution is -2.39. The first-order valence-electron chi connectivity index (χ1n) is 6.86. The molecule has 5 nitrogen and oxygen atoms in total. The van der Waals surface area contributed by atoms with Crippen molar-refractivity contribution in [1.29, 1.82) is 0 Å². The summed E-state index contributed by atoms with van der Waals surface area (Å²) in [6, 6.07) is 8.05. The summed E-state index contributed by atoms with van der Waals surface area (Å²) in [5.74, 6) is 0.843. The summed E-state index contributed by atoms with van der Waals surface area (Å²) in [4.78, 5) is 13.8. The molecule has 112 valence electrons. The topological polar surface area (TPSA) is 53.6 Å². The van der Waals surface area contributed by atoms with E-state index in [4.69, 9.17) is 4.74 Å². The van der Waals surface area contributed by atoms with Crippen molar-refractivity contribution in [2.75, 3.05) is 40.8 Å². The second-order valence-electron chi connectivity index (χ2n) is 4.84. The van der Waals surface area contributed by atoms with Gasteiger partial charge >= 0.3 is 0 Å². The first-order valence-corrected chi connectivity index (χ1v) is 6.86. The smallest absolute Gasteiger partial charge is 0.234 e. The number of methoxy groups -OCH3 is 1. The third-order valence-electron chi connectivity index (χ3n) is 3.13. The van der Waals surface area contributed by atoms with Gasteiger partial charge in [-0.3, -0.25) is 4.79 Å². The van der Waals surface area contributed by atoms with Crippen molar-refractivity contribution in [1.82, 2.24) is 15.5 Å². The highest BCUT2D eigenvalue weighted by Gasteiger charge is 2.15. The Hall–Kier alpha value is -1.59. The molecule has 0 saturated heterocycles. The average molecular weight is 279 g/mol. The summed E-state index contributed by atoms with van der Waals surface area (Å²) in [5.41, 5.74) is 1.12. The zero-order valence-electron chi connectivity index (χ0n) is 12.8. The Morgan fingerprint density at radius 3 is 2.75 bits per heavy atom. The molecule has 0 fully saturated rings. The number of amides is 1. The molecule has 0 aliphatic heterocycles. The van der Waals surface area contributed by atoms with Gasteiger partial charge in [-0.1, -0.05) is 19.1 Å². The molecule has 1 amide bonds. The number of ether oxygens (including phenoxy) is 1. The van der Waals surface area contributed by atoms with Crippen LogP contribution in [-0.4, -0.2) is 51.6 Å². The molecule has 0 aliphatic rings. The maximum Gasteiger partial charge on any atom is 0.234 e. The summed E-state index contributed by atoms with van der Waals surface area (Å²) in [5, 5.41) is 5.96. The maximum atomic E-state index is 11.7. The molecule has 5 heteroatoms. The molecule has 1 unspecified atom stereocenters. The van der Waals surface area contributed by atoms with Gasteiger partial charge in [0, 0.05) is 6.54 Å². The first kappa shape index (κ1) is 16.5. The molecule has 0 spiro atoms.